The van der Waals surface area contributed by atoms with Gasteiger partial charge in [0.2, 0.25) is 5.91 Å². The van der Waals surface area contributed by atoms with Crippen molar-refractivity contribution in [2.75, 3.05) is 6.54 Å². The van der Waals surface area contributed by atoms with Crippen LogP contribution in [-0.4, -0.2) is 38.0 Å². The fraction of sp³-hybridized carbons (Fsp3) is 0.750. The molecule has 41 heavy (non-hydrogen) atoms. The summed E-state index contributed by atoms with van der Waals surface area (Å²) < 4.78 is 39.6. The fourth-order valence-corrected chi connectivity index (χ4v) is 10.9. The van der Waals surface area contributed by atoms with Gasteiger partial charge in [0.25, 0.3) is 15.9 Å². The first-order chi connectivity index (χ1) is 19.3. The van der Waals surface area contributed by atoms with Crippen molar-refractivity contribution in [3.63, 3.8) is 0 Å². The van der Waals surface area contributed by atoms with Crippen LogP contribution >= 0.6 is 0 Å². The van der Waals surface area contributed by atoms with Crippen LogP contribution in [0.1, 0.15) is 91.4 Å². The molecule has 0 aliphatic heterocycles. The third-order valence-corrected chi connectivity index (χ3v) is 13.4. The molecule has 0 aromatic heterocycles. The second-order valence-electron chi connectivity index (χ2n) is 14.1. The average Bonchev–Trinajstić information content (AvgIpc) is 3.28. The number of benzene rings is 1. The molecule has 3 N–H and O–H groups in total. The van der Waals surface area contributed by atoms with Crippen molar-refractivity contribution in [2.45, 2.75) is 102 Å². The quantitative estimate of drug-likeness (QED) is 0.386. The first kappa shape index (κ1) is 30.5. The third kappa shape index (κ3) is 5.95. The molecule has 0 saturated heterocycles. The van der Waals surface area contributed by atoms with E-state index in [1.165, 1.54) is 38.5 Å². The number of fused-ring (bicyclic) bond motifs is 5. The Kier molecular flexibility index (Phi) is 8.61. The van der Waals surface area contributed by atoms with E-state index in [0.29, 0.717) is 35.0 Å². The van der Waals surface area contributed by atoms with E-state index in [1.54, 1.807) is 0 Å². The van der Waals surface area contributed by atoms with Crippen LogP contribution in [0.3, 0.4) is 0 Å². The van der Waals surface area contributed by atoms with Crippen LogP contribution in [0.25, 0.3) is 0 Å². The maximum absolute atomic E-state index is 13.1. The predicted molar refractivity (Wildman–Crippen MR) is 154 cm³/mol. The summed E-state index contributed by atoms with van der Waals surface area (Å²) in [5.41, 5.74) is 0.666. The molecule has 228 valence electrons. The molecule has 1 aromatic carbocycles. The number of aliphatic hydroxyl groups excluding tert-OH is 1. The molecule has 2 amide bonds. The molecule has 0 heterocycles. The highest BCUT2D eigenvalue weighted by Crippen LogP contribution is 2.68. The summed E-state index contributed by atoms with van der Waals surface area (Å²) in [6.45, 7) is 6.86. The van der Waals surface area contributed by atoms with Crippen molar-refractivity contribution in [3.05, 3.63) is 30.1 Å². The van der Waals surface area contributed by atoms with Crippen molar-refractivity contribution in [2.24, 2.45) is 46.3 Å². The van der Waals surface area contributed by atoms with Crippen molar-refractivity contribution < 1.29 is 27.5 Å². The molecule has 5 unspecified atom stereocenters. The third-order valence-electron chi connectivity index (χ3n) is 12.0. The molecule has 1 aromatic rings. The smallest absolute Gasteiger partial charge is 0.264 e. The number of hydrogen-bond donors (Lipinski definition) is 3. The first-order valence-electron chi connectivity index (χ1n) is 15.6. The van der Waals surface area contributed by atoms with Crippen molar-refractivity contribution in [1.29, 1.82) is 0 Å². The Morgan fingerprint density at radius 3 is 2.39 bits per heavy atom. The molecule has 9 heteroatoms. The summed E-state index contributed by atoms with van der Waals surface area (Å²) in [7, 11) is -4.13. The molecule has 9 atom stereocenters. The van der Waals surface area contributed by atoms with Gasteiger partial charge in [-0.2, -0.15) is 0 Å². The number of hydrogen-bond acceptors (Lipinski definition) is 5. The zero-order chi connectivity index (χ0) is 29.6. The topological polar surface area (TPSA) is 113 Å². The normalized spacial score (nSPS) is 37.3. The summed E-state index contributed by atoms with van der Waals surface area (Å²) >= 11 is 0. The number of carbonyl (C=O) groups excluding carboxylic acids is 2. The lowest BCUT2D eigenvalue weighted by Crippen LogP contribution is -2.54. The van der Waals surface area contributed by atoms with Gasteiger partial charge in [0.15, 0.2) is 0 Å². The summed E-state index contributed by atoms with van der Waals surface area (Å²) in [4.78, 5) is 24.6. The second-order valence-corrected chi connectivity index (χ2v) is 15.8. The van der Waals surface area contributed by atoms with Crippen LogP contribution in [0.2, 0.25) is 0 Å². The predicted octanol–water partition coefficient (Wildman–Crippen LogP) is 5.18. The lowest BCUT2D eigenvalue weighted by atomic mass is 9.44. The Morgan fingerprint density at radius 2 is 1.66 bits per heavy atom. The van der Waals surface area contributed by atoms with Crippen LogP contribution < -0.4 is 10.0 Å². The van der Waals surface area contributed by atoms with Gasteiger partial charge in [-0.25, -0.2) is 17.5 Å². The van der Waals surface area contributed by atoms with Gasteiger partial charge in [-0.3, -0.25) is 9.59 Å². The molecule has 4 saturated carbocycles. The van der Waals surface area contributed by atoms with Crippen molar-refractivity contribution >= 4 is 21.8 Å². The monoisotopic (exact) mass is 590 g/mol. The van der Waals surface area contributed by atoms with E-state index in [0.717, 1.165) is 67.7 Å². The molecule has 4 fully saturated rings. The molecule has 0 spiro atoms. The molecule has 0 bridgehead atoms. The van der Waals surface area contributed by atoms with E-state index in [9.17, 15) is 27.5 Å². The van der Waals surface area contributed by atoms with Gasteiger partial charge in [0, 0.05) is 6.42 Å². The maximum Gasteiger partial charge on any atom is 0.264 e. The van der Waals surface area contributed by atoms with Gasteiger partial charge in [-0.05, 0) is 135 Å². The van der Waals surface area contributed by atoms with Gasteiger partial charge in [0.05, 0.1) is 17.5 Å². The van der Waals surface area contributed by atoms with E-state index >= 15 is 0 Å². The van der Waals surface area contributed by atoms with Crippen LogP contribution in [0.4, 0.5) is 4.39 Å². The van der Waals surface area contributed by atoms with E-state index in [4.69, 9.17) is 0 Å². The number of rotatable bonds is 8. The average molecular weight is 591 g/mol. The molecule has 5 rings (SSSR count). The minimum Gasteiger partial charge on any atom is -0.393 e. The van der Waals surface area contributed by atoms with Crippen LogP contribution in [0, 0.1) is 52.2 Å². The standard InChI is InChI=1S/C32H47FN2O5S/c1-20(4-13-29(37)34-19-30(38)35-41(39,40)24-8-6-22(33)7-9-24)26-11-12-27-25-10-5-21-18-23(36)14-16-31(21,2)28(25)15-17-32(26,27)3/h6-9,20-21,23,25-28,36H,4-5,10-19H2,1-3H3,(H,34,37)(H,35,38)/t20-,21?,23-,25?,26?,27?,28?,31+,32-/m1/s1. The molecule has 7 nitrogen and oxygen atoms in total. The Morgan fingerprint density at radius 1 is 0.976 bits per heavy atom. The number of sulfonamides is 1. The molecular weight excluding hydrogens is 543 g/mol. The van der Waals surface area contributed by atoms with Crippen molar-refractivity contribution in [3.8, 4) is 0 Å². The van der Waals surface area contributed by atoms with Gasteiger partial charge in [-0.1, -0.05) is 20.8 Å². The SMILES string of the molecule is C[C@H](CCC(=O)NCC(=O)NS(=O)(=O)c1ccc(F)cc1)C1CCC2C3CCC4C[C@H](O)CC[C@]4(C)C3CC[C@@]21C. The van der Waals surface area contributed by atoms with Gasteiger partial charge >= 0.3 is 0 Å². The minimum atomic E-state index is -4.13. The Balaban J connectivity index is 1.11. The summed E-state index contributed by atoms with van der Waals surface area (Å²) in [5, 5.41) is 12.9. The lowest BCUT2D eigenvalue weighted by molar-refractivity contribution is -0.130. The number of carbonyl (C=O) groups is 2. The Bertz CT molecular complexity index is 1240. The highest BCUT2D eigenvalue weighted by atomic mass is 32.2. The minimum absolute atomic E-state index is 0.115. The largest absolute Gasteiger partial charge is 0.393 e. The number of nitrogens with one attached hydrogen (secondary N) is 2. The molecular formula is C32H47FN2O5S. The van der Waals surface area contributed by atoms with Crippen molar-refractivity contribution in [1.82, 2.24) is 10.0 Å². The number of halogens is 1. The highest BCUT2D eigenvalue weighted by molar-refractivity contribution is 7.90. The van der Waals surface area contributed by atoms with E-state index in [-0.39, 0.29) is 16.9 Å². The fourth-order valence-electron chi connectivity index (χ4n) is 9.90. The summed E-state index contributed by atoms with van der Waals surface area (Å²) in [5.74, 6) is 2.22. The lowest BCUT2D eigenvalue weighted by Gasteiger charge is -2.61. The number of amides is 2. The van der Waals surface area contributed by atoms with Crippen LogP contribution in [0.15, 0.2) is 29.2 Å². The second kappa shape index (κ2) is 11.6. The van der Waals surface area contributed by atoms with E-state index in [2.05, 4.69) is 26.1 Å². The van der Waals surface area contributed by atoms with E-state index in [1.807, 2.05) is 4.72 Å². The first-order valence-corrected chi connectivity index (χ1v) is 17.1. The highest BCUT2D eigenvalue weighted by Gasteiger charge is 2.60. The summed E-state index contributed by atoms with van der Waals surface area (Å²) in [6, 6.07) is 4.18. The zero-order valence-electron chi connectivity index (χ0n) is 24.7. The van der Waals surface area contributed by atoms with Crippen LogP contribution in [-0.2, 0) is 19.6 Å². The van der Waals surface area contributed by atoms with Gasteiger partial charge < -0.3 is 10.4 Å². The Labute approximate surface area is 244 Å². The molecule has 4 aliphatic rings. The van der Waals surface area contributed by atoms with Gasteiger partial charge in [-0.15, -0.1) is 0 Å². The maximum atomic E-state index is 13.1. The summed E-state index contributed by atoms with van der Waals surface area (Å²) in [6.07, 6.45) is 11.5. The number of aliphatic hydroxyl groups is 1. The zero-order valence-corrected chi connectivity index (χ0v) is 25.5. The van der Waals surface area contributed by atoms with E-state index < -0.39 is 28.3 Å². The Hall–Kier alpha value is -2.00. The van der Waals surface area contributed by atoms with Crippen LogP contribution in [0.5, 0.6) is 0 Å². The molecule has 0 radical (unpaired) electrons. The van der Waals surface area contributed by atoms with Gasteiger partial charge in [0.1, 0.15) is 5.82 Å². The molecule has 4 aliphatic carbocycles.